The van der Waals surface area contributed by atoms with E-state index in [-0.39, 0.29) is 44.4 Å². The number of carbonyl (C=O) groups is 1. The Labute approximate surface area is 178 Å². The minimum Gasteiger partial charge on any atom is -0.463 e. The average molecular weight is 467 g/mol. The highest BCUT2D eigenvalue weighted by Crippen LogP contribution is 2.53. The summed E-state index contributed by atoms with van der Waals surface area (Å²) in [6, 6.07) is 4.57. The van der Waals surface area contributed by atoms with Crippen LogP contribution < -0.4 is 4.74 Å². The molecule has 12 heteroatoms. The van der Waals surface area contributed by atoms with E-state index in [0.29, 0.717) is 0 Å². The maximum Gasteiger partial charge on any atom is 0.388 e. The molecule has 0 spiro atoms. The molecule has 2 atom stereocenters. The number of alkyl halides is 2. The van der Waals surface area contributed by atoms with E-state index in [1.165, 1.54) is 19.2 Å². The number of aryl methyl sites for hydroxylation is 1. The Bertz CT molecular complexity index is 1020. The van der Waals surface area contributed by atoms with E-state index in [0.717, 1.165) is 4.68 Å². The molecule has 1 saturated heterocycles. The van der Waals surface area contributed by atoms with Crippen molar-refractivity contribution in [3.63, 3.8) is 0 Å². The van der Waals surface area contributed by atoms with Gasteiger partial charge in [0.1, 0.15) is 22.9 Å². The first-order valence-corrected chi connectivity index (χ1v) is 9.22. The average Bonchev–Trinajstić information content (AvgIpc) is 3.33. The molecular weight excluding hydrogens is 455 g/mol. The molecule has 3 rings (SSSR count). The molecule has 2 unspecified atom stereocenters. The van der Waals surface area contributed by atoms with Gasteiger partial charge in [0.2, 0.25) is 5.88 Å². The van der Waals surface area contributed by atoms with Gasteiger partial charge in [-0.2, -0.15) is 19.1 Å². The first-order valence-electron chi connectivity index (χ1n) is 8.09. The van der Waals surface area contributed by atoms with Gasteiger partial charge in [-0.05, 0) is 19.1 Å². The van der Waals surface area contributed by atoms with Gasteiger partial charge < -0.3 is 14.2 Å². The topological polar surface area (TPSA) is 89.7 Å². The smallest absolute Gasteiger partial charge is 0.388 e. The van der Waals surface area contributed by atoms with Gasteiger partial charge in [-0.3, -0.25) is 0 Å². The fraction of sp³-hybridized carbons (Fsp3) is 0.353. The quantitative estimate of drug-likeness (QED) is 0.458. The molecule has 7 nitrogen and oxygen atoms in total. The maximum absolute atomic E-state index is 12.6. The van der Waals surface area contributed by atoms with Gasteiger partial charge in [-0.25, -0.2) is 9.48 Å². The summed E-state index contributed by atoms with van der Waals surface area (Å²) in [6.07, 6.45) is -1.01. The minimum atomic E-state index is -3.10. The van der Waals surface area contributed by atoms with Crippen LogP contribution in [0.2, 0.25) is 15.1 Å². The van der Waals surface area contributed by atoms with Crippen LogP contribution in [-0.4, -0.2) is 34.6 Å². The number of carbonyl (C=O) groups excluding carboxylic acids is 1. The number of hydrogen-bond acceptors (Lipinski definition) is 6. The van der Waals surface area contributed by atoms with Crippen molar-refractivity contribution in [2.75, 3.05) is 6.61 Å². The molecule has 0 amide bonds. The molecule has 0 radical (unpaired) electrons. The highest BCUT2D eigenvalue weighted by Gasteiger charge is 2.66. The van der Waals surface area contributed by atoms with E-state index >= 15 is 0 Å². The molecule has 0 N–H and O–H groups in total. The number of rotatable bonds is 6. The Balaban J connectivity index is 2.05. The third kappa shape index (κ3) is 3.73. The van der Waals surface area contributed by atoms with Crippen LogP contribution >= 0.6 is 34.8 Å². The molecule has 0 aliphatic carbocycles. The number of nitriles is 1. The van der Waals surface area contributed by atoms with Crippen LogP contribution in [0.1, 0.15) is 18.6 Å². The van der Waals surface area contributed by atoms with Gasteiger partial charge in [-0.15, -0.1) is 0 Å². The molecule has 1 aromatic heterocycles. The Morgan fingerprint density at radius 3 is 2.69 bits per heavy atom. The fourth-order valence-electron chi connectivity index (χ4n) is 2.77. The lowest BCUT2D eigenvalue weighted by molar-refractivity contribution is -0.147. The summed E-state index contributed by atoms with van der Waals surface area (Å²) in [5.74, 6) is -1.20. The number of aromatic nitrogens is 2. The summed E-state index contributed by atoms with van der Waals surface area (Å²) in [5, 5.41) is 13.5. The van der Waals surface area contributed by atoms with Gasteiger partial charge in [-0.1, -0.05) is 34.8 Å². The van der Waals surface area contributed by atoms with Crippen LogP contribution in [0.3, 0.4) is 0 Å². The molecule has 154 valence electrons. The summed E-state index contributed by atoms with van der Waals surface area (Å²) in [6.45, 7) is -1.45. The van der Waals surface area contributed by atoms with Crippen molar-refractivity contribution >= 4 is 40.8 Å². The standard InChI is InChI=1S/C17H12Cl3F2N3O4/c1-3-27-15(26)17(6-23)13(29-17)8-4-7(9(18)5-10(8)19)12-11(20)14(25(2)24-12)28-16(21)22/h4-5,13,16H,3H2,1-2H3. The predicted octanol–water partition coefficient (Wildman–Crippen LogP) is 4.55. The minimum absolute atomic E-state index is 0.0482. The summed E-state index contributed by atoms with van der Waals surface area (Å²) in [5.41, 5.74) is -1.30. The molecule has 0 saturated carbocycles. The molecule has 1 fully saturated rings. The summed E-state index contributed by atoms with van der Waals surface area (Å²) in [4.78, 5) is 12.1. The summed E-state index contributed by atoms with van der Waals surface area (Å²) < 4.78 is 40.8. The van der Waals surface area contributed by atoms with Gasteiger partial charge >= 0.3 is 12.6 Å². The van der Waals surface area contributed by atoms with Crippen molar-refractivity contribution < 1.29 is 27.8 Å². The van der Waals surface area contributed by atoms with E-state index in [4.69, 9.17) is 44.3 Å². The molecule has 1 aromatic carbocycles. The van der Waals surface area contributed by atoms with E-state index < -0.39 is 24.3 Å². The largest absolute Gasteiger partial charge is 0.463 e. The van der Waals surface area contributed by atoms with Gasteiger partial charge in [0.05, 0.1) is 11.6 Å². The number of epoxide rings is 1. The number of ether oxygens (including phenoxy) is 3. The lowest BCUT2D eigenvalue weighted by atomic mass is 9.98. The number of nitrogens with zero attached hydrogens (tertiary/aromatic N) is 3. The van der Waals surface area contributed by atoms with Crippen LogP contribution in [-0.2, 0) is 21.3 Å². The van der Waals surface area contributed by atoms with Crippen LogP contribution in [0.5, 0.6) is 5.88 Å². The third-order valence-corrected chi connectivity index (χ3v) is 5.11. The lowest BCUT2D eigenvalue weighted by Crippen LogP contribution is -2.26. The molecular formula is C17H12Cl3F2N3O4. The summed E-state index contributed by atoms with van der Waals surface area (Å²) >= 11 is 18.6. The second-order valence-corrected chi connectivity index (χ2v) is 7.08. The van der Waals surface area contributed by atoms with Crippen LogP contribution in [0.15, 0.2) is 12.1 Å². The zero-order valence-electron chi connectivity index (χ0n) is 14.9. The fourth-order valence-corrected chi connectivity index (χ4v) is 3.65. The number of benzene rings is 1. The van der Waals surface area contributed by atoms with Crippen LogP contribution in [0.4, 0.5) is 8.78 Å². The van der Waals surface area contributed by atoms with Crippen LogP contribution in [0, 0.1) is 11.3 Å². The molecule has 1 aliphatic rings. The van der Waals surface area contributed by atoms with Crippen molar-refractivity contribution in [1.82, 2.24) is 9.78 Å². The Morgan fingerprint density at radius 2 is 2.10 bits per heavy atom. The molecule has 2 aromatic rings. The second kappa shape index (κ2) is 7.95. The maximum atomic E-state index is 12.6. The van der Waals surface area contributed by atoms with Crippen molar-refractivity contribution in [1.29, 1.82) is 5.26 Å². The van der Waals surface area contributed by atoms with E-state index in [9.17, 15) is 18.8 Å². The van der Waals surface area contributed by atoms with Gasteiger partial charge in [0.15, 0.2) is 0 Å². The van der Waals surface area contributed by atoms with E-state index in [1.807, 2.05) is 0 Å². The summed E-state index contributed by atoms with van der Waals surface area (Å²) in [7, 11) is 1.36. The Morgan fingerprint density at radius 1 is 1.41 bits per heavy atom. The number of esters is 1. The molecule has 1 aliphatic heterocycles. The van der Waals surface area contributed by atoms with Gasteiger partial charge in [0, 0.05) is 23.2 Å². The molecule has 0 bridgehead atoms. The van der Waals surface area contributed by atoms with E-state index in [2.05, 4.69) is 9.84 Å². The number of halogens is 5. The zero-order chi connectivity index (χ0) is 21.5. The first-order chi connectivity index (χ1) is 13.7. The highest BCUT2D eigenvalue weighted by atomic mass is 35.5. The van der Waals surface area contributed by atoms with Crippen molar-refractivity contribution in [2.24, 2.45) is 7.05 Å². The normalized spacial score (nSPS) is 20.4. The lowest BCUT2D eigenvalue weighted by Gasteiger charge is -2.09. The molecule has 29 heavy (non-hydrogen) atoms. The highest BCUT2D eigenvalue weighted by molar-refractivity contribution is 6.38. The monoisotopic (exact) mass is 465 g/mol. The van der Waals surface area contributed by atoms with Crippen molar-refractivity contribution in [3.05, 3.63) is 32.8 Å². The molecule has 2 heterocycles. The van der Waals surface area contributed by atoms with Gasteiger partial charge in [0.25, 0.3) is 5.60 Å². The van der Waals surface area contributed by atoms with E-state index in [1.54, 1.807) is 13.0 Å². The third-order valence-electron chi connectivity index (χ3n) is 4.12. The second-order valence-electron chi connectivity index (χ2n) is 5.89. The van der Waals surface area contributed by atoms with Crippen LogP contribution in [0.25, 0.3) is 11.3 Å². The Hall–Kier alpha value is -2.12. The number of hydrogen-bond donors (Lipinski definition) is 0. The predicted molar refractivity (Wildman–Crippen MR) is 99.1 cm³/mol. The Kier molecular flexibility index (Phi) is 5.92. The van der Waals surface area contributed by atoms with Crippen molar-refractivity contribution in [3.8, 4) is 23.2 Å². The van der Waals surface area contributed by atoms with Crippen molar-refractivity contribution in [2.45, 2.75) is 25.2 Å². The SMILES string of the molecule is CCOC(=O)C1(C#N)OC1c1cc(-c2nn(C)c(OC(F)F)c2Cl)c(Cl)cc1Cl. The first kappa shape index (κ1) is 21.6. The zero-order valence-corrected chi connectivity index (χ0v) is 17.1.